The SMILES string of the molecule is O=[14c]1c2ccccc2ncn1-c1ccccc1. The van der Waals surface area contributed by atoms with E-state index in [4.69, 9.17) is 0 Å². The van der Waals surface area contributed by atoms with Crippen molar-refractivity contribution in [2.24, 2.45) is 0 Å². The van der Waals surface area contributed by atoms with Crippen LogP contribution in [-0.4, -0.2) is 9.55 Å². The molecule has 0 aliphatic rings. The number of rotatable bonds is 1. The van der Waals surface area contributed by atoms with Gasteiger partial charge in [0.1, 0.15) is 6.33 Å². The van der Waals surface area contributed by atoms with Crippen LogP contribution in [0, 0.1) is 0 Å². The van der Waals surface area contributed by atoms with Crippen molar-refractivity contribution < 1.29 is 0 Å². The third-order valence-corrected chi connectivity index (χ3v) is 2.70. The van der Waals surface area contributed by atoms with E-state index in [9.17, 15) is 4.79 Å². The molecule has 3 heteroatoms. The molecule has 0 fully saturated rings. The molecule has 0 unspecified atom stereocenters. The second-order valence-electron chi connectivity index (χ2n) is 3.77. The summed E-state index contributed by atoms with van der Waals surface area (Å²) >= 11 is 0. The summed E-state index contributed by atoms with van der Waals surface area (Å²) in [6, 6.07) is 16.9. The lowest BCUT2D eigenvalue weighted by molar-refractivity contribution is 0.963. The number of nitrogens with zero attached hydrogens (tertiary/aromatic N) is 2. The van der Waals surface area contributed by atoms with Crippen LogP contribution in [0.25, 0.3) is 16.6 Å². The Kier molecular flexibility index (Phi) is 2.22. The first kappa shape index (κ1) is 9.78. The lowest BCUT2D eigenvalue weighted by atomic mass is 10.3. The molecule has 0 atom stereocenters. The smallest absolute Gasteiger partial charge is 0.265 e. The topological polar surface area (TPSA) is 34.9 Å². The molecule has 1 aromatic heterocycles. The molecular formula is C14H10N2O. The molecule has 82 valence electrons. The maximum Gasteiger partial charge on any atom is 0.265 e. The number of benzene rings is 2. The van der Waals surface area contributed by atoms with E-state index < -0.39 is 0 Å². The van der Waals surface area contributed by atoms with E-state index in [2.05, 4.69) is 4.98 Å². The zero-order chi connectivity index (χ0) is 11.7. The Hall–Kier alpha value is -2.42. The number of hydrogen-bond donors (Lipinski definition) is 0. The summed E-state index contributed by atoms with van der Waals surface area (Å²) in [5, 5.41) is 0.638. The number of aromatic nitrogens is 2. The normalized spacial score (nSPS) is 10.6. The maximum atomic E-state index is 12.3. The van der Waals surface area contributed by atoms with E-state index in [1.807, 2.05) is 48.5 Å². The molecule has 0 spiro atoms. The highest BCUT2D eigenvalue weighted by Gasteiger charge is 2.03. The summed E-state index contributed by atoms with van der Waals surface area (Å²) in [6.45, 7) is 0. The Morgan fingerprint density at radius 1 is 0.941 bits per heavy atom. The van der Waals surface area contributed by atoms with Gasteiger partial charge in [-0.2, -0.15) is 0 Å². The molecule has 0 saturated carbocycles. The average Bonchev–Trinajstić information content (AvgIpc) is 2.40. The van der Waals surface area contributed by atoms with Crippen molar-refractivity contribution >= 4 is 10.9 Å². The molecule has 3 nitrogen and oxygen atoms in total. The van der Waals surface area contributed by atoms with E-state index in [0.29, 0.717) is 5.39 Å². The fourth-order valence-electron chi connectivity index (χ4n) is 1.84. The van der Waals surface area contributed by atoms with Crippen molar-refractivity contribution in [2.45, 2.75) is 0 Å². The van der Waals surface area contributed by atoms with Crippen LogP contribution < -0.4 is 5.56 Å². The quantitative estimate of drug-likeness (QED) is 0.636. The van der Waals surface area contributed by atoms with Crippen molar-refractivity contribution in [1.82, 2.24) is 9.55 Å². The van der Waals surface area contributed by atoms with Gasteiger partial charge in [0.25, 0.3) is 5.56 Å². The van der Waals surface area contributed by atoms with E-state index in [1.54, 1.807) is 17.0 Å². The second kappa shape index (κ2) is 3.87. The predicted octanol–water partition coefficient (Wildman–Crippen LogP) is 2.39. The van der Waals surface area contributed by atoms with Gasteiger partial charge in [0.05, 0.1) is 16.6 Å². The van der Waals surface area contributed by atoms with Gasteiger partial charge in [-0.1, -0.05) is 30.3 Å². The van der Waals surface area contributed by atoms with E-state index >= 15 is 0 Å². The van der Waals surface area contributed by atoms with Gasteiger partial charge in [-0.05, 0) is 24.3 Å². The molecule has 0 aliphatic carbocycles. The average molecular weight is 224 g/mol. The molecular weight excluding hydrogens is 214 g/mol. The first-order valence-electron chi connectivity index (χ1n) is 5.38. The van der Waals surface area contributed by atoms with Gasteiger partial charge < -0.3 is 0 Å². The fourth-order valence-corrected chi connectivity index (χ4v) is 1.84. The van der Waals surface area contributed by atoms with Gasteiger partial charge in [-0.3, -0.25) is 9.36 Å². The Labute approximate surface area is 98.0 Å². The van der Waals surface area contributed by atoms with Crippen molar-refractivity contribution in [2.75, 3.05) is 0 Å². The third-order valence-electron chi connectivity index (χ3n) is 2.70. The summed E-state index contributed by atoms with van der Waals surface area (Å²) in [5.74, 6) is 0. The first-order valence-corrected chi connectivity index (χ1v) is 5.38. The number of para-hydroxylation sites is 2. The zero-order valence-corrected chi connectivity index (χ0v) is 9.08. The zero-order valence-electron chi connectivity index (χ0n) is 9.08. The van der Waals surface area contributed by atoms with Gasteiger partial charge in [0, 0.05) is 0 Å². The summed E-state index contributed by atoms with van der Waals surface area (Å²) in [7, 11) is 0. The molecule has 0 radical (unpaired) electrons. The number of fused-ring (bicyclic) bond motifs is 1. The van der Waals surface area contributed by atoms with Gasteiger partial charge in [0.15, 0.2) is 0 Å². The summed E-state index contributed by atoms with van der Waals surface area (Å²) in [6.07, 6.45) is 1.57. The van der Waals surface area contributed by atoms with Gasteiger partial charge in [0.2, 0.25) is 0 Å². The van der Waals surface area contributed by atoms with Crippen LogP contribution in [0.4, 0.5) is 0 Å². The summed E-state index contributed by atoms with van der Waals surface area (Å²) in [4.78, 5) is 16.5. The highest BCUT2D eigenvalue weighted by atomic mass is 16.3. The van der Waals surface area contributed by atoms with Gasteiger partial charge in [-0.25, -0.2) is 4.98 Å². The predicted molar refractivity (Wildman–Crippen MR) is 67.3 cm³/mol. The molecule has 0 amide bonds. The Morgan fingerprint density at radius 2 is 1.65 bits per heavy atom. The van der Waals surface area contributed by atoms with Crippen LogP contribution in [0.1, 0.15) is 0 Å². The molecule has 2 aromatic carbocycles. The first-order chi connectivity index (χ1) is 8.36. The summed E-state index contributed by atoms with van der Waals surface area (Å²) in [5.41, 5.74) is 1.52. The van der Waals surface area contributed by atoms with Crippen LogP contribution in [-0.2, 0) is 0 Å². The minimum atomic E-state index is -0.0400. The van der Waals surface area contributed by atoms with E-state index in [1.165, 1.54) is 0 Å². The molecule has 1 heterocycles. The highest BCUT2D eigenvalue weighted by molar-refractivity contribution is 5.77. The van der Waals surface area contributed by atoms with E-state index in [0.717, 1.165) is 11.2 Å². The molecule has 3 aromatic rings. The second-order valence-corrected chi connectivity index (χ2v) is 3.77. The number of hydrogen-bond acceptors (Lipinski definition) is 2. The lowest BCUT2D eigenvalue weighted by Crippen LogP contribution is -2.18. The molecule has 3 rings (SSSR count). The van der Waals surface area contributed by atoms with Crippen molar-refractivity contribution in [3.8, 4) is 5.69 Å². The molecule has 0 aliphatic heterocycles. The molecule has 0 bridgehead atoms. The molecule has 17 heavy (non-hydrogen) atoms. The van der Waals surface area contributed by atoms with Crippen molar-refractivity contribution in [3.63, 3.8) is 0 Å². The molecule has 0 N–H and O–H groups in total. The Bertz CT molecular complexity index is 717. The minimum Gasteiger partial charge on any atom is -0.268 e. The fraction of sp³-hybridized carbons (Fsp3) is 0. The Balaban J connectivity index is 2.33. The monoisotopic (exact) mass is 224 g/mol. The summed E-state index contributed by atoms with van der Waals surface area (Å²) < 4.78 is 1.56. The standard InChI is InChI=1S/C14H10N2O/c17-14-12-8-4-5-9-13(12)15-10-16(14)11-6-2-1-3-7-11/h1-10H/i14+2. The Morgan fingerprint density at radius 3 is 2.47 bits per heavy atom. The molecule has 0 saturated heterocycles. The van der Waals surface area contributed by atoms with Crippen molar-refractivity contribution in [1.29, 1.82) is 0 Å². The third kappa shape index (κ3) is 1.61. The minimum absolute atomic E-state index is 0.0400. The van der Waals surface area contributed by atoms with E-state index in [-0.39, 0.29) is 5.56 Å². The van der Waals surface area contributed by atoms with Gasteiger partial charge >= 0.3 is 0 Å². The van der Waals surface area contributed by atoms with Crippen LogP contribution in [0.3, 0.4) is 0 Å². The van der Waals surface area contributed by atoms with Crippen LogP contribution in [0.5, 0.6) is 0 Å². The lowest BCUT2D eigenvalue weighted by Gasteiger charge is -2.05. The maximum absolute atomic E-state index is 12.3. The van der Waals surface area contributed by atoms with Crippen LogP contribution >= 0.6 is 0 Å². The van der Waals surface area contributed by atoms with Crippen LogP contribution in [0.2, 0.25) is 0 Å². The van der Waals surface area contributed by atoms with Gasteiger partial charge in [-0.15, -0.1) is 0 Å². The van der Waals surface area contributed by atoms with Crippen molar-refractivity contribution in [3.05, 3.63) is 71.3 Å². The highest BCUT2D eigenvalue weighted by Crippen LogP contribution is 2.08. The largest absolute Gasteiger partial charge is 0.268 e. The van der Waals surface area contributed by atoms with Crippen LogP contribution in [0.15, 0.2) is 65.7 Å².